The number of nitrogens with zero attached hydrogens (tertiary/aromatic N) is 1. The monoisotopic (exact) mass is 242 g/mol. The number of hydrogen-bond acceptors (Lipinski definition) is 2. The first kappa shape index (κ1) is 13.1. The molecule has 1 aromatic carbocycles. The van der Waals surface area contributed by atoms with Gasteiger partial charge in [-0.1, -0.05) is 38.1 Å². The number of hydrogen-bond donors (Lipinski definition) is 1. The van der Waals surface area contributed by atoms with Crippen molar-refractivity contribution >= 4 is 0 Å². The van der Waals surface area contributed by atoms with Gasteiger partial charge in [-0.3, -0.25) is 5.32 Å². The summed E-state index contributed by atoms with van der Waals surface area (Å²) in [7, 11) is 0. The zero-order chi connectivity index (χ0) is 13.0. The second-order valence-electron chi connectivity index (χ2n) is 5.75. The Labute approximate surface area is 110 Å². The molecule has 1 saturated carbocycles. The summed E-state index contributed by atoms with van der Waals surface area (Å²) in [5, 5.41) is 12.6. The molecule has 1 unspecified atom stereocenters. The molecule has 0 spiro atoms. The summed E-state index contributed by atoms with van der Waals surface area (Å²) >= 11 is 0. The molecule has 0 aromatic heterocycles. The molecule has 0 radical (unpaired) electrons. The summed E-state index contributed by atoms with van der Waals surface area (Å²) in [6, 6.07) is 10.7. The Kier molecular flexibility index (Phi) is 4.38. The molecule has 0 aliphatic heterocycles. The summed E-state index contributed by atoms with van der Waals surface area (Å²) in [5.74, 6) is 1.48. The quantitative estimate of drug-likeness (QED) is 0.829. The van der Waals surface area contributed by atoms with Crippen LogP contribution >= 0.6 is 0 Å². The smallest absolute Gasteiger partial charge is 0.121 e. The van der Waals surface area contributed by atoms with E-state index in [1.165, 1.54) is 18.4 Å². The lowest BCUT2D eigenvalue weighted by Crippen LogP contribution is -2.22. The van der Waals surface area contributed by atoms with Gasteiger partial charge in [-0.15, -0.1) is 0 Å². The van der Waals surface area contributed by atoms with Crippen molar-refractivity contribution in [2.75, 3.05) is 6.54 Å². The van der Waals surface area contributed by atoms with Gasteiger partial charge < -0.3 is 0 Å². The van der Waals surface area contributed by atoms with Crippen LogP contribution in [0.3, 0.4) is 0 Å². The predicted octanol–water partition coefficient (Wildman–Crippen LogP) is 3.45. The van der Waals surface area contributed by atoms with Gasteiger partial charge in [-0.05, 0) is 48.8 Å². The molecule has 0 heterocycles. The van der Waals surface area contributed by atoms with Gasteiger partial charge in [0, 0.05) is 0 Å². The molecule has 2 heteroatoms. The van der Waals surface area contributed by atoms with E-state index in [0.29, 0.717) is 5.92 Å². The highest BCUT2D eigenvalue weighted by molar-refractivity contribution is 5.28. The first-order chi connectivity index (χ1) is 8.69. The van der Waals surface area contributed by atoms with Crippen LogP contribution < -0.4 is 5.32 Å². The third kappa shape index (κ3) is 3.85. The van der Waals surface area contributed by atoms with Gasteiger partial charge >= 0.3 is 0 Å². The van der Waals surface area contributed by atoms with Crippen molar-refractivity contribution in [3.8, 4) is 6.07 Å². The average molecular weight is 242 g/mol. The van der Waals surface area contributed by atoms with E-state index in [9.17, 15) is 5.26 Å². The van der Waals surface area contributed by atoms with Crippen LogP contribution in [-0.4, -0.2) is 6.54 Å². The molecule has 0 bridgehead atoms. The fourth-order valence-corrected chi connectivity index (χ4v) is 2.16. The van der Waals surface area contributed by atoms with Crippen molar-refractivity contribution in [3.05, 3.63) is 35.4 Å². The van der Waals surface area contributed by atoms with Crippen molar-refractivity contribution in [2.24, 2.45) is 11.8 Å². The van der Waals surface area contributed by atoms with Crippen LogP contribution in [0.1, 0.15) is 43.9 Å². The maximum absolute atomic E-state index is 9.21. The first-order valence-corrected chi connectivity index (χ1v) is 6.91. The Morgan fingerprint density at radius 1 is 1.28 bits per heavy atom. The molecule has 0 amide bonds. The highest BCUT2D eigenvalue weighted by Crippen LogP contribution is 2.28. The molecule has 0 saturated heterocycles. The highest BCUT2D eigenvalue weighted by Gasteiger charge is 2.22. The summed E-state index contributed by atoms with van der Waals surface area (Å²) < 4.78 is 0. The second-order valence-corrected chi connectivity index (χ2v) is 5.75. The maximum Gasteiger partial charge on any atom is 0.121 e. The van der Waals surface area contributed by atoms with Gasteiger partial charge in [0.25, 0.3) is 0 Å². The molecular weight excluding hydrogens is 220 g/mol. The molecule has 1 fully saturated rings. The van der Waals surface area contributed by atoms with Gasteiger partial charge in [-0.25, -0.2) is 0 Å². The second kappa shape index (κ2) is 6.02. The lowest BCUT2D eigenvalue weighted by Gasteiger charge is -2.12. The van der Waals surface area contributed by atoms with E-state index in [2.05, 4.69) is 49.5 Å². The Balaban J connectivity index is 1.95. The molecular formula is C16H22N2. The van der Waals surface area contributed by atoms with Crippen LogP contribution in [-0.2, 0) is 6.42 Å². The Hall–Kier alpha value is -1.33. The molecule has 1 N–H and O–H groups in total. The molecule has 2 rings (SSSR count). The Morgan fingerprint density at radius 3 is 2.44 bits per heavy atom. The average Bonchev–Trinajstić information content (AvgIpc) is 3.15. The van der Waals surface area contributed by atoms with E-state index >= 15 is 0 Å². The fraction of sp³-hybridized carbons (Fsp3) is 0.562. The van der Waals surface area contributed by atoms with Crippen molar-refractivity contribution < 1.29 is 0 Å². The van der Waals surface area contributed by atoms with Gasteiger partial charge in [-0.2, -0.15) is 5.26 Å². The lowest BCUT2D eigenvalue weighted by atomic mass is 10.00. The number of nitriles is 1. The van der Waals surface area contributed by atoms with Crippen LogP contribution in [0.4, 0.5) is 0 Å². The van der Waals surface area contributed by atoms with Gasteiger partial charge in [0.05, 0.1) is 6.07 Å². The minimum Gasteiger partial charge on any atom is -0.298 e. The molecule has 1 aliphatic carbocycles. The minimum atomic E-state index is -0.154. The Morgan fingerprint density at radius 2 is 1.94 bits per heavy atom. The molecule has 1 aromatic rings. The van der Waals surface area contributed by atoms with Crippen LogP contribution in [0.5, 0.6) is 0 Å². The maximum atomic E-state index is 9.21. The Bertz CT molecular complexity index is 410. The van der Waals surface area contributed by atoms with Crippen LogP contribution in [0.25, 0.3) is 0 Å². The molecule has 2 nitrogen and oxygen atoms in total. The predicted molar refractivity (Wildman–Crippen MR) is 74.1 cm³/mol. The van der Waals surface area contributed by atoms with E-state index in [4.69, 9.17) is 0 Å². The van der Waals surface area contributed by atoms with Crippen LogP contribution in [0.15, 0.2) is 24.3 Å². The highest BCUT2D eigenvalue weighted by atomic mass is 14.9. The SMILES string of the molecule is CC(C)Cc1ccc(C(C#N)NCC2CC2)cc1. The normalized spacial score (nSPS) is 16.6. The van der Waals surface area contributed by atoms with Gasteiger partial charge in [0.1, 0.15) is 6.04 Å². The van der Waals surface area contributed by atoms with Crippen molar-refractivity contribution in [1.29, 1.82) is 5.26 Å². The molecule has 96 valence electrons. The third-order valence-electron chi connectivity index (χ3n) is 3.39. The van der Waals surface area contributed by atoms with E-state index in [-0.39, 0.29) is 6.04 Å². The molecule has 1 atom stereocenters. The number of benzene rings is 1. The largest absolute Gasteiger partial charge is 0.298 e. The van der Waals surface area contributed by atoms with E-state index in [0.717, 1.165) is 24.4 Å². The van der Waals surface area contributed by atoms with E-state index in [1.54, 1.807) is 0 Å². The van der Waals surface area contributed by atoms with Crippen molar-refractivity contribution in [1.82, 2.24) is 5.32 Å². The van der Waals surface area contributed by atoms with E-state index in [1.807, 2.05) is 0 Å². The zero-order valence-electron chi connectivity index (χ0n) is 11.3. The summed E-state index contributed by atoms with van der Waals surface area (Å²) in [6.45, 7) is 5.43. The lowest BCUT2D eigenvalue weighted by molar-refractivity contribution is 0.592. The van der Waals surface area contributed by atoms with E-state index < -0.39 is 0 Å². The van der Waals surface area contributed by atoms with Gasteiger partial charge in [0.2, 0.25) is 0 Å². The van der Waals surface area contributed by atoms with Crippen LogP contribution in [0.2, 0.25) is 0 Å². The van der Waals surface area contributed by atoms with Crippen LogP contribution in [0, 0.1) is 23.2 Å². The molecule has 1 aliphatic rings. The standard InChI is InChI=1S/C16H22N2/c1-12(2)9-13-5-7-15(8-6-13)16(10-17)18-11-14-3-4-14/h5-8,12,14,16,18H,3-4,9,11H2,1-2H3. The minimum absolute atomic E-state index is 0.154. The van der Waals surface area contributed by atoms with Crippen molar-refractivity contribution in [2.45, 2.75) is 39.2 Å². The topological polar surface area (TPSA) is 35.8 Å². The number of nitrogens with one attached hydrogen (secondary N) is 1. The van der Waals surface area contributed by atoms with Crippen molar-refractivity contribution in [3.63, 3.8) is 0 Å². The van der Waals surface area contributed by atoms with Gasteiger partial charge in [0.15, 0.2) is 0 Å². The fourth-order valence-electron chi connectivity index (χ4n) is 2.16. The number of rotatable bonds is 6. The molecule has 18 heavy (non-hydrogen) atoms. The first-order valence-electron chi connectivity index (χ1n) is 6.91. The summed E-state index contributed by atoms with van der Waals surface area (Å²) in [4.78, 5) is 0. The zero-order valence-corrected chi connectivity index (χ0v) is 11.3. The summed E-state index contributed by atoms with van der Waals surface area (Å²) in [6.07, 6.45) is 3.74. The summed E-state index contributed by atoms with van der Waals surface area (Å²) in [5.41, 5.74) is 2.44. The third-order valence-corrected chi connectivity index (χ3v) is 3.39.